The van der Waals surface area contributed by atoms with Crippen LogP contribution in [0.15, 0.2) is 97.1 Å². The number of hydrogen-bond acceptors (Lipinski definition) is 20. The third-order valence-electron chi connectivity index (χ3n) is 12.5. The van der Waals surface area contributed by atoms with Crippen molar-refractivity contribution in [2.75, 3.05) is 10.7 Å². The predicted octanol–water partition coefficient (Wildman–Crippen LogP) is -1.13. The Morgan fingerprint density at radius 1 is 0.583 bits per heavy atom. The van der Waals surface area contributed by atoms with Crippen LogP contribution < -0.4 is 14.4 Å². The second-order valence-corrected chi connectivity index (χ2v) is 18.3. The van der Waals surface area contributed by atoms with Crippen molar-refractivity contribution < 1.29 is 113 Å². The Hall–Kier alpha value is -5.88. The number of rotatable bonds is 16. The zero-order valence-electron chi connectivity index (χ0n) is 37.0. The summed E-state index contributed by atoms with van der Waals surface area (Å²) in [6.07, 6.45) is -31.1. The lowest BCUT2D eigenvalue weighted by atomic mass is 9.90. The number of thioether (sulfide) groups is 1. The number of aliphatic hydroxyl groups excluding tert-OH is 9. The van der Waals surface area contributed by atoms with Crippen LogP contribution in [0.25, 0.3) is 11.1 Å². The number of carboxylic acids is 3. The van der Waals surface area contributed by atoms with Gasteiger partial charge in [0.05, 0.1) is 12.1 Å². The van der Waals surface area contributed by atoms with Crippen LogP contribution >= 0.6 is 11.8 Å². The number of carbonyl (C=O) groups is 4. The van der Waals surface area contributed by atoms with Gasteiger partial charge < -0.3 is 94.6 Å². The van der Waals surface area contributed by atoms with Crippen molar-refractivity contribution in [2.45, 2.75) is 110 Å². The SMILES string of the molecule is O=C(O)C1O[C@@H](Oc2cccc(-c3ccc([C@@H]4[C@@H](SC[C@H](O[C@@H]5OC(C(=O)O)[C@@H](O)[C@H](O)C5O)c5ccc(F)cc5)C(=O)N4c4ccccc4)c(O[C@@H]4OC(C(=O)O)C(O)[C@H](O)C4O)c3)c2)C(O)[C@@H](O)C1O. The molecule has 4 aliphatic rings. The summed E-state index contributed by atoms with van der Waals surface area (Å²) < 4.78 is 48.4. The number of ether oxygens (including phenoxy) is 6. The largest absolute Gasteiger partial charge is 0.479 e. The third kappa shape index (κ3) is 10.5. The highest BCUT2D eigenvalue weighted by molar-refractivity contribution is 8.00. The van der Waals surface area contributed by atoms with Gasteiger partial charge in [-0.2, -0.15) is 0 Å². The van der Waals surface area contributed by atoms with Gasteiger partial charge in [-0.25, -0.2) is 18.8 Å². The number of para-hydroxylation sites is 1. The summed E-state index contributed by atoms with van der Waals surface area (Å²) in [5, 5.41) is 123. The number of amides is 1. The summed E-state index contributed by atoms with van der Waals surface area (Å²) in [6.45, 7) is 0. The summed E-state index contributed by atoms with van der Waals surface area (Å²) >= 11 is 0.978. The average Bonchev–Trinajstić information content (AvgIpc) is 3.36. The van der Waals surface area contributed by atoms with E-state index < -0.39 is 139 Å². The first kappa shape index (κ1) is 52.4. The molecule has 4 aromatic carbocycles. The fourth-order valence-corrected chi connectivity index (χ4v) is 9.94. The number of nitrogens with zero attached hydrogens (tertiary/aromatic N) is 1. The third-order valence-corrected chi connectivity index (χ3v) is 13.8. The molecule has 4 heterocycles. The first-order chi connectivity index (χ1) is 34.2. The van der Waals surface area contributed by atoms with E-state index in [1.54, 1.807) is 42.5 Å². The second-order valence-electron chi connectivity index (χ2n) is 17.1. The monoisotopic (exact) mass is 1030 g/mol. The van der Waals surface area contributed by atoms with E-state index in [1.165, 1.54) is 47.4 Å². The Balaban J connectivity index is 1.16. The number of aliphatic hydroxyl groups is 9. The number of benzene rings is 4. The number of halogens is 1. The van der Waals surface area contributed by atoms with Crippen LogP contribution in [0.1, 0.15) is 23.3 Å². The van der Waals surface area contributed by atoms with Gasteiger partial charge >= 0.3 is 17.9 Å². The topological polar surface area (TPSA) is 370 Å². The minimum absolute atomic E-state index is 0.0344. The summed E-state index contributed by atoms with van der Waals surface area (Å²) in [6, 6.07) is 22.5. The number of anilines is 1. The van der Waals surface area contributed by atoms with Crippen LogP contribution in [0.4, 0.5) is 10.1 Å². The van der Waals surface area contributed by atoms with E-state index in [0.29, 0.717) is 16.8 Å². The highest BCUT2D eigenvalue weighted by atomic mass is 32.2. The van der Waals surface area contributed by atoms with Gasteiger partial charge in [-0.05, 0) is 59.2 Å². The number of carbonyl (C=O) groups excluding carboxylic acids is 1. The molecule has 4 fully saturated rings. The predicted molar refractivity (Wildman–Crippen MR) is 239 cm³/mol. The lowest BCUT2D eigenvalue weighted by molar-refractivity contribution is -0.303. The van der Waals surface area contributed by atoms with Crippen molar-refractivity contribution in [3.05, 3.63) is 114 Å². The van der Waals surface area contributed by atoms with Crippen molar-refractivity contribution in [1.29, 1.82) is 0 Å². The molecule has 8 unspecified atom stereocenters. The molecule has 4 aliphatic heterocycles. The van der Waals surface area contributed by atoms with Crippen LogP contribution in [-0.2, 0) is 38.1 Å². The van der Waals surface area contributed by atoms with Crippen LogP contribution in [-0.4, -0.2) is 188 Å². The molecule has 0 bridgehead atoms. The van der Waals surface area contributed by atoms with Crippen LogP contribution in [0.3, 0.4) is 0 Å². The summed E-state index contributed by atoms with van der Waals surface area (Å²) in [5.41, 5.74) is 1.46. The summed E-state index contributed by atoms with van der Waals surface area (Å²) in [5.74, 6) is -6.56. The molecule has 0 saturated carbocycles. The number of hydrogen-bond donors (Lipinski definition) is 12. The van der Waals surface area contributed by atoms with E-state index in [4.69, 9.17) is 28.4 Å². The van der Waals surface area contributed by atoms with E-state index in [-0.39, 0.29) is 28.4 Å². The smallest absolute Gasteiger partial charge is 0.335 e. The number of β-lactam (4-membered cyclic amide) rings is 1. The van der Waals surface area contributed by atoms with Gasteiger partial charge in [0.2, 0.25) is 18.5 Å². The second kappa shape index (κ2) is 21.7. The normalized spacial score (nSPS) is 34.1. The Morgan fingerprint density at radius 2 is 1.10 bits per heavy atom. The maximum Gasteiger partial charge on any atom is 0.335 e. The Bertz CT molecular complexity index is 2600. The van der Waals surface area contributed by atoms with Gasteiger partial charge in [-0.1, -0.05) is 54.6 Å². The molecule has 0 spiro atoms. The highest BCUT2D eigenvalue weighted by Gasteiger charge is 2.54. The van der Waals surface area contributed by atoms with E-state index in [2.05, 4.69) is 0 Å². The molecule has 12 N–H and O–H groups in total. The molecular formula is C47H48FNO22S. The Kier molecular flexibility index (Phi) is 15.8. The Morgan fingerprint density at radius 3 is 1.65 bits per heavy atom. The van der Waals surface area contributed by atoms with Crippen molar-refractivity contribution in [2.24, 2.45) is 0 Å². The highest BCUT2D eigenvalue weighted by Crippen LogP contribution is 2.50. The molecule has 23 nitrogen and oxygen atoms in total. The lowest BCUT2D eigenvalue weighted by Gasteiger charge is -2.48. The molecule has 8 rings (SSSR count). The molecule has 1 amide bonds. The van der Waals surface area contributed by atoms with Gasteiger partial charge in [0.15, 0.2) is 24.6 Å². The maximum atomic E-state index is 14.4. The maximum absolute atomic E-state index is 14.4. The molecule has 0 aromatic heterocycles. The van der Waals surface area contributed by atoms with Gasteiger partial charge in [-0.15, -0.1) is 11.8 Å². The van der Waals surface area contributed by atoms with Gasteiger partial charge in [0.1, 0.15) is 77.5 Å². The molecule has 0 radical (unpaired) electrons. The lowest BCUT2D eigenvalue weighted by Crippen LogP contribution is -2.61. The van der Waals surface area contributed by atoms with E-state index >= 15 is 0 Å². The van der Waals surface area contributed by atoms with Crippen LogP contribution in [0.2, 0.25) is 0 Å². The van der Waals surface area contributed by atoms with Crippen molar-refractivity contribution in [1.82, 2.24) is 0 Å². The zero-order chi connectivity index (χ0) is 51.9. The van der Waals surface area contributed by atoms with Gasteiger partial charge in [0, 0.05) is 17.0 Å². The first-order valence-electron chi connectivity index (χ1n) is 22.0. The minimum Gasteiger partial charge on any atom is -0.479 e. The van der Waals surface area contributed by atoms with Crippen molar-refractivity contribution in [3.8, 4) is 22.6 Å². The van der Waals surface area contributed by atoms with Crippen molar-refractivity contribution in [3.63, 3.8) is 0 Å². The molecule has 72 heavy (non-hydrogen) atoms. The van der Waals surface area contributed by atoms with Crippen molar-refractivity contribution >= 4 is 41.3 Å². The van der Waals surface area contributed by atoms with E-state index in [9.17, 15) is 84.8 Å². The molecule has 0 aliphatic carbocycles. The summed E-state index contributed by atoms with van der Waals surface area (Å²) in [7, 11) is 0. The van der Waals surface area contributed by atoms with E-state index in [1.807, 2.05) is 0 Å². The standard InChI is InChI=1S/C47H48FNO22S/c48-21-12-9-18(10-13-21)26(68-47-36(58)30(52)33(55)39(71-47)44(64)65)17-72-40-27(49(41(40)59)22-6-2-1-3-7-22)24-14-11-20(16-25(24)67-46-35(57)29(51)32(54)38(70-46)43(62)63)19-5-4-8-23(15-19)66-45-34(56)28(50)31(53)37(69-45)42(60)61/h1-16,26-40,45-47,50-58H,17H2,(H,60,61)(H,62,63)(H,64,65)/t26-,27+,28-,29-,30-,31?,32?,33-,34?,35?,36?,37?,38?,39?,40+,45+,46+,47+/m0/s1. The van der Waals surface area contributed by atoms with Crippen LogP contribution in [0.5, 0.6) is 11.5 Å². The fraction of sp³-hybridized carbons (Fsp3) is 0.404. The number of aliphatic carboxylic acids is 3. The van der Waals surface area contributed by atoms with Gasteiger partial charge in [-0.3, -0.25) is 4.79 Å². The Labute approximate surface area is 410 Å². The zero-order valence-corrected chi connectivity index (χ0v) is 37.8. The van der Waals surface area contributed by atoms with Gasteiger partial charge in [0.25, 0.3) is 0 Å². The number of carboxylic acid groups (broad SMARTS) is 3. The molecular weight excluding hydrogens is 982 g/mol. The quantitative estimate of drug-likeness (QED) is 0.0591. The average molecular weight is 1030 g/mol. The first-order valence-corrected chi connectivity index (χ1v) is 23.1. The summed E-state index contributed by atoms with van der Waals surface area (Å²) in [4.78, 5) is 51.6. The molecule has 4 aromatic rings. The molecule has 4 saturated heterocycles. The molecule has 18 atom stereocenters. The van der Waals surface area contributed by atoms with E-state index in [0.717, 1.165) is 23.9 Å². The molecule has 386 valence electrons. The molecule has 25 heteroatoms. The minimum atomic E-state index is -2.09. The fourth-order valence-electron chi connectivity index (χ4n) is 8.58. The van der Waals surface area contributed by atoms with Crippen LogP contribution in [0, 0.1) is 5.82 Å².